The first-order valence-corrected chi connectivity index (χ1v) is 6.80. The number of ether oxygens (including phenoxy) is 1. The first-order chi connectivity index (χ1) is 8.16. The van der Waals surface area contributed by atoms with Crippen molar-refractivity contribution in [2.75, 3.05) is 0 Å². The van der Waals surface area contributed by atoms with Gasteiger partial charge in [-0.2, -0.15) is 0 Å². The Kier molecular flexibility index (Phi) is 4.42. The largest absolute Gasteiger partial charge is 0.472 e. The highest BCUT2D eigenvalue weighted by molar-refractivity contribution is 9.11. The predicted octanol–water partition coefficient (Wildman–Crippen LogP) is 4.84. The van der Waals surface area contributed by atoms with Crippen molar-refractivity contribution in [1.29, 1.82) is 0 Å². The molecule has 88 valence electrons. The van der Waals surface area contributed by atoms with E-state index >= 15 is 0 Å². The van der Waals surface area contributed by atoms with Crippen LogP contribution < -0.4 is 4.74 Å². The van der Waals surface area contributed by atoms with Crippen molar-refractivity contribution in [2.45, 2.75) is 6.61 Å². The normalized spacial score (nSPS) is 10.3. The molecule has 2 nitrogen and oxygen atoms in total. The van der Waals surface area contributed by atoms with Gasteiger partial charge in [-0.05, 0) is 44.0 Å². The lowest BCUT2D eigenvalue weighted by Gasteiger charge is -2.08. The number of rotatable bonds is 3. The van der Waals surface area contributed by atoms with Crippen LogP contribution in [0, 0.1) is 0 Å². The van der Waals surface area contributed by atoms with Gasteiger partial charge in [-0.25, -0.2) is 4.98 Å². The zero-order valence-electron chi connectivity index (χ0n) is 8.66. The molecule has 0 unspecified atom stereocenters. The van der Waals surface area contributed by atoms with E-state index < -0.39 is 0 Å². The van der Waals surface area contributed by atoms with Crippen molar-refractivity contribution in [3.63, 3.8) is 0 Å². The average molecular weight is 377 g/mol. The Morgan fingerprint density at radius 1 is 1.24 bits per heavy atom. The molecule has 0 bridgehead atoms. The van der Waals surface area contributed by atoms with Crippen LogP contribution in [0.25, 0.3) is 0 Å². The molecule has 0 radical (unpaired) electrons. The number of pyridine rings is 1. The Morgan fingerprint density at radius 3 is 2.71 bits per heavy atom. The van der Waals surface area contributed by atoms with E-state index in [9.17, 15) is 0 Å². The first kappa shape index (κ1) is 12.9. The molecule has 2 rings (SSSR count). The Labute approximate surface area is 121 Å². The maximum atomic E-state index is 6.04. The molecule has 0 atom stereocenters. The van der Waals surface area contributed by atoms with Crippen LogP contribution in [0.1, 0.15) is 5.56 Å². The summed E-state index contributed by atoms with van der Waals surface area (Å²) < 4.78 is 7.30. The standard InChI is InChI=1S/C12H8Br2ClNO/c13-9-5-10(14)12(16-6-9)17-7-8-3-1-2-4-11(8)15/h1-6H,7H2. The minimum absolute atomic E-state index is 0.396. The second kappa shape index (κ2) is 5.85. The van der Waals surface area contributed by atoms with Gasteiger partial charge < -0.3 is 4.74 Å². The van der Waals surface area contributed by atoms with Crippen LogP contribution in [0.5, 0.6) is 5.88 Å². The summed E-state index contributed by atoms with van der Waals surface area (Å²) in [4.78, 5) is 4.16. The molecule has 17 heavy (non-hydrogen) atoms. The van der Waals surface area contributed by atoms with Gasteiger partial charge in [-0.1, -0.05) is 29.8 Å². The number of aromatic nitrogens is 1. The van der Waals surface area contributed by atoms with E-state index in [1.165, 1.54) is 0 Å². The first-order valence-electron chi connectivity index (χ1n) is 4.84. The molecule has 0 N–H and O–H groups in total. The molecule has 5 heteroatoms. The summed E-state index contributed by atoms with van der Waals surface area (Å²) in [5, 5.41) is 0.695. The maximum Gasteiger partial charge on any atom is 0.228 e. The second-order valence-electron chi connectivity index (χ2n) is 3.32. The van der Waals surface area contributed by atoms with Gasteiger partial charge in [0.1, 0.15) is 6.61 Å². The highest BCUT2D eigenvalue weighted by Gasteiger charge is 2.05. The number of nitrogens with zero attached hydrogens (tertiary/aromatic N) is 1. The number of benzene rings is 1. The molecule has 0 saturated carbocycles. The van der Waals surface area contributed by atoms with E-state index in [0.717, 1.165) is 14.5 Å². The summed E-state index contributed by atoms with van der Waals surface area (Å²) in [6.07, 6.45) is 1.69. The summed E-state index contributed by atoms with van der Waals surface area (Å²) in [6, 6.07) is 9.46. The fraction of sp³-hybridized carbons (Fsp3) is 0.0833. The SMILES string of the molecule is Clc1ccccc1COc1ncc(Br)cc1Br. The number of hydrogen-bond donors (Lipinski definition) is 0. The minimum Gasteiger partial charge on any atom is -0.472 e. The molecule has 0 aliphatic carbocycles. The molecule has 1 heterocycles. The lowest BCUT2D eigenvalue weighted by atomic mass is 10.2. The van der Waals surface area contributed by atoms with E-state index in [0.29, 0.717) is 17.5 Å². The van der Waals surface area contributed by atoms with Crippen molar-refractivity contribution in [3.05, 3.63) is 56.1 Å². The van der Waals surface area contributed by atoms with Crippen LogP contribution >= 0.6 is 43.5 Å². The minimum atomic E-state index is 0.396. The second-order valence-corrected chi connectivity index (χ2v) is 5.50. The Bertz CT molecular complexity index is 534. The van der Waals surface area contributed by atoms with E-state index in [1.54, 1.807) is 6.20 Å². The summed E-state index contributed by atoms with van der Waals surface area (Å²) in [5.74, 6) is 0.549. The molecule has 0 spiro atoms. The van der Waals surface area contributed by atoms with Crippen molar-refractivity contribution < 1.29 is 4.74 Å². The monoisotopic (exact) mass is 375 g/mol. The summed E-state index contributed by atoms with van der Waals surface area (Å²) in [5.41, 5.74) is 0.936. The molecule has 0 aliphatic rings. The van der Waals surface area contributed by atoms with Crippen molar-refractivity contribution in [3.8, 4) is 5.88 Å². The molecule has 2 aromatic rings. The lowest BCUT2D eigenvalue weighted by Crippen LogP contribution is -1.98. The van der Waals surface area contributed by atoms with E-state index in [2.05, 4.69) is 36.8 Å². The molecule has 0 aliphatic heterocycles. The summed E-state index contributed by atoms with van der Waals surface area (Å²) in [7, 11) is 0. The summed E-state index contributed by atoms with van der Waals surface area (Å²) >= 11 is 12.8. The Morgan fingerprint density at radius 2 is 2.00 bits per heavy atom. The topological polar surface area (TPSA) is 22.1 Å². The smallest absolute Gasteiger partial charge is 0.228 e. The predicted molar refractivity (Wildman–Crippen MR) is 75.4 cm³/mol. The molecular weight excluding hydrogens is 369 g/mol. The molecule has 1 aromatic heterocycles. The van der Waals surface area contributed by atoms with Gasteiger partial charge in [0, 0.05) is 21.3 Å². The van der Waals surface area contributed by atoms with Crippen molar-refractivity contribution in [2.24, 2.45) is 0 Å². The Hall–Kier alpha value is -0.580. The number of halogens is 3. The highest BCUT2D eigenvalue weighted by Crippen LogP contribution is 2.26. The zero-order chi connectivity index (χ0) is 12.3. The van der Waals surface area contributed by atoms with Gasteiger partial charge in [-0.15, -0.1) is 0 Å². The molecular formula is C12H8Br2ClNO. The third-order valence-electron chi connectivity index (χ3n) is 2.10. The Balaban J connectivity index is 2.10. The van der Waals surface area contributed by atoms with E-state index in [4.69, 9.17) is 16.3 Å². The summed E-state index contributed by atoms with van der Waals surface area (Å²) in [6.45, 7) is 0.396. The fourth-order valence-electron chi connectivity index (χ4n) is 1.27. The van der Waals surface area contributed by atoms with Gasteiger partial charge in [0.2, 0.25) is 5.88 Å². The van der Waals surface area contributed by atoms with E-state index in [-0.39, 0.29) is 0 Å². The molecule has 0 amide bonds. The maximum absolute atomic E-state index is 6.04. The van der Waals surface area contributed by atoms with Crippen LogP contribution in [0.3, 0.4) is 0 Å². The quantitative estimate of drug-likeness (QED) is 0.764. The third kappa shape index (κ3) is 3.44. The molecule has 0 saturated heterocycles. The van der Waals surface area contributed by atoms with Gasteiger partial charge in [0.05, 0.1) is 4.47 Å². The number of hydrogen-bond acceptors (Lipinski definition) is 2. The average Bonchev–Trinajstić information content (AvgIpc) is 2.30. The van der Waals surface area contributed by atoms with Crippen LogP contribution in [-0.2, 0) is 6.61 Å². The van der Waals surface area contributed by atoms with Gasteiger partial charge >= 0.3 is 0 Å². The van der Waals surface area contributed by atoms with Crippen LogP contribution in [0.2, 0.25) is 5.02 Å². The molecule has 0 fully saturated rings. The van der Waals surface area contributed by atoms with Gasteiger partial charge in [0.25, 0.3) is 0 Å². The lowest BCUT2D eigenvalue weighted by molar-refractivity contribution is 0.292. The molecule has 1 aromatic carbocycles. The third-order valence-corrected chi connectivity index (χ3v) is 3.47. The van der Waals surface area contributed by atoms with E-state index in [1.807, 2.05) is 30.3 Å². The zero-order valence-corrected chi connectivity index (χ0v) is 12.6. The van der Waals surface area contributed by atoms with Crippen LogP contribution in [-0.4, -0.2) is 4.98 Å². The van der Waals surface area contributed by atoms with Gasteiger partial charge in [0.15, 0.2) is 0 Å². The van der Waals surface area contributed by atoms with Crippen molar-refractivity contribution >= 4 is 43.5 Å². The highest BCUT2D eigenvalue weighted by atomic mass is 79.9. The van der Waals surface area contributed by atoms with Gasteiger partial charge in [-0.3, -0.25) is 0 Å². The van der Waals surface area contributed by atoms with Crippen LogP contribution in [0.4, 0.5) is 0 Å². The fourth-order valence-corrected chi connectivity index (χ4v) is 2.56. The van der Waals surface area contributed by atoms with Crippen molar-refractivity contribution in [1.82, 2.24) is 4.98 Å². The van der Waals surface area contributed by atoms with Crippen LogP contribution in [0.15, 0.2) is 45.5 Å².